The molecule has 166 valence electrons. The van der Waals surface area contributed by atoms with Gasteiger partial charge >= 0.3 is 0 Å². The molecule has 6 heteroatoms. The summed E-state index contributed by atoms with van der Waals surface area (Å²) in [5.41, 5.74) is 2.16. The molecule has 0 saturated carbocycles. The van der Waals surface area contributed by atoms with Crippen LogP contribution < -0.4 is 10.6 Å². The van der Waals surface area contributed by atoms with E-state index in [9.17, 15) is 9.59 Å². The molecule has 0 bridgehead atoms. The standard InChI is InChI=1S/C26H29N3O2S/c30-24(28-25(20-8-3-1-4-9-20)21-10-5-2-6-11-21)15-18-29-16-13-22(14-17-29)27-26(31)23-12-7-19-32-23/h1-12,19,22,25H,13-18H2,(H,27,31)(H,28,30). The SMILES string of the molecule is O=C(CCN1CCC(NC(=O)c2cccs2)CC1)NC(c1ccccc1)c1ccccc1. The van der Waals surface area contributed by atoms with Crippen LogP contribution in [0.15, 0.2) is 78.2 Å². The highest BCUT2D eigenvalue weighted by Gasteiger charge is 2.22. The lowest BCUT2D eigenvalue weighted by molar-refractivity contribution is -0.122. The van der Waals surface area contributed by atoms with E-state index in [0.717, 1.165) is 48.5 Å². The van der Waals surface area contributed by atoms with Crippen LogP contribution in [0.5, 0.6) is 0 Å². The lowest BCUT2D eigenvalue weighted by Crippen LogP contribution is -2.45. The van der Waals surface area contributed by atoms with Crippen LogP contribution in [0, 0.1) is 0 Å². The van der Waals surface area contributed by atoms with Crippen molar-refractivity contribution in [3.8, 4) is 0 Å². The Labute approximate surface area is 193 Å². The highest BCUT2D eigenvalue weighted by Crippen LogP contribution is 2.22. The number of nitrogens with one attached hydrogen (secondary N) is 2. The Morgan fingerprint density at radius 3 is 2.09 bits per heavy atom. The Morgan fingerprint density at radius 2 is 1.53 bits per heavy atom. The van der Waals surface area contributed by atoms with Gasteiger partial charge in [0.1, 0.15) is 0 Å². The second-order valence-electron chi connectivity index (χ2n) is 8.14. The van der Waals surface area contributed by atoms with Crippen molar-refractivity contribution >= 4 is 23.2 Å². The van der Waals surface area contributed by atoms with Gasteiger partial charge < -0.3 is 15.5 Å². The number of benzene rings is 2. The van der Waals surface area contributed by atoms with E-state index in [1.807, 2.05) is 78.2 Å². The summed E-state index contributed by atoms with van der Waals surface area (Å²) in [5, 5.41) is 8.27. The molecule has 5 nitrogen and oxygen atoms in total. The van der Waals surface area contributed by atoms with E-state index in [2.05, 4.69) is 15.5 Å². The number of thiophene rings is 1. The highest BCUT2D eigenvalue weighted by molar-refractivity contribution is 7.12. The number of carbonyl (C=O) groups is 2. The van der Waals surface area contributed by atoms with E-state index in [-0.39, 0.29) is 23.9 Å². The van der Waals surface area contributed by atoms with Crippen LogP contribution in [0.2, 0.25) is 0 Å². The first-order valence-electron chi connectivity index (χ1n) is 11.1. The molecule has 2 heterocycles. The molecule has 2 amide bonds. The molecule has 1 aliphatic rings. The molecule has 0 spiro atoms. The smallest absolute Gasteiger partial charge is 0.261 e. The number of hydrogen-bond donors (Lipinski definition) is 2. The minimum Gasteiger partial charge on any atom is -0.349 e. The van der Waals surface area contributed by atoms with Gasteiger partial charge in [-0.05, 0) is 35.4 Å². The van der Waals surface area contributed by atoms with Gasteiger partial charge in [0.05, 0.1) is 10.9 Å². The average molecular weight is 448 g/mol. The number of piperidine rings is 1. The normalized spacial score (nSPS) is 14.9. The van der Waals surface area contributed by atoms with Gasteiger partial charge in [-0.25, -0.2) is 0 Å². The summed E-state index contributed by atoms with van der Waals surface area (Å²) in [7, 11) is 0. The molecule has 0 aliphatic carbocycles. The summed E-state index contributed by atoms with van der Waals surface area (Å²) < 4.78 is 0. The van der Waals surface area contributed by atoms with Crippen LogP contribution in [0.25, 0.3) is 0 Å². The number of amides is 2. The van der Waals surface area contributed by atoms with E-state index in [4.69, 9.17) is 0 Å². The quantitative estimate of drug-likeness (QED) is 0.543. The zero-order valence-corrected chi connectivity index (χ0v) is 18.9. The van der Waals surface area contributed by atoms with E-state index >= 15 is 0 Å². The second kappa shape index (κ2) is 11.1. The number of nitrogens with zero attached hydrogens (tertiary/aromatic N) is 1. The van der Waals surface area contributed by atoms with Crippen molar-refractivity contribution in [3.63, 3.8) is 0 Å². The van der Waals surface area contributed by atoms with E-state index < -0.39 is 0 Å². The van der Waals surface area contributed by atoms with Crippen LogP contribution >= 0.6 is 11.3 Å². The second-order valence-corrected chi connectivity index (χ2v) is 9.09. The maximum atomic E-state index is 12.8. The first-order valence-corrected chi connectivity index (χ1v) is 12.0. The molecule has 32 heavy (non-hydrogen) atoms. The van der Waals surface area contributed by atoms with Crippen molar-refractivity contribution in [2.45, 2.75) is 31.3 Å². The fraction of sp³-hybridized carbons (Fsp3) is 0.308. The third kappa shape index (κ3) is 6.05. The summed E-state index contributed by atoms with van der Waals surface area (Å²) in [4.78, 5) is 28.1. The molecule has 4 rings (SSSR count). The summed E-state index contributed by atoms with van der Waals surface area (Å²) in [6.07, 6.45) is 2.28. The Balaban J connectivity index is 1.25. The molecule has 1 fully saturated rings. The van der Waals surface area contributed by atoms with Gasteiger partial charge in [-0.15, -0.1) is 11.3 Å². The molecule has 1 aromatic heterocycles. The van der Waals surface area contributed by atoms with Gasteiger partial charge in [0.15, 0.2) is 0 Å². The Morgan fingerprint density at radius 1 is 0.906 bits per heavy atom. The van der Waals surface area contributed by atoms with Gasteiger partial charge in [-0.3, -0.25) is 9.59 Å². The minimum atomic E-state index is -0.150. The predicted molar refractivity (Wildman–Crippen MR) is 129 cm³/mol. The Kier molecular flexibility index (Phi) is 7.69. The molecule has 1 saturated heterocycles. The summed E-state index contributed by atoms with van der Waals surface area (Å²) in [5.74, 6) is 0.0709. The molecular weight excluding hydrogens is 418 g/mol. The zero-order valence-electron chi connectivity index (χ0n) is 18.1. The maximum Gasteiger partial charge on any atom is 0.261 e. The largest absolute Gasteiger partial charge is 0.349 e. The number of hydrogen-bond acceptors (Lipinski definition) is 4. The fourth-order valence-corrected chi connectivity index (χ4v) is 4.73. The predicted octanol–water partition coefficient (Wildman–Crippen LogP) is 4.24. The van der Waals surface area contributed by atoms with Crippen molar-refractivity contribution in [2.75, 3.05) is 19.6 Å². The molecular formula is C26H29N3O2S. The third-order valence-corrected chi connectivity index (χ3v) is 6.76. The molecule has 3 aromatic rings. The summed E-state index contributed by atoms with van der Waals surface area (Å²) in [6, 6.07) is 24.0. The van der Waals surface area contributed by atoms with Gasteiger partial charge in [0.25, 0.3) is 5.91 Å². The number of likely N-dealkylation sites (tertiary alicyclic amines) is 1. The monoisotopic (exact) mass is 447 g/mol. The first kappa shape index (κ1) is 22.2. The molecule has 0 atom stereocenters. The summed E-state index contributed by atoms with van der Waals surface area (Å²) in [6.45, 7) is 2.51. The third-order valence-electron chi connectivity index (χ3n) is 5.89. The molecule has 2 aromatic carbocycles. The molecule has 1 aliphatic heterocycles. The van der Waals surface area contributed by atoms with Crippen LogP contribution in [0.1, 0.15) is 46.1 Å². The van der Waals surface area contributed by atoms with Crippen molar-refractivity contribution in [2.24, 2.45) is 0 Å². The van der Waals surface area contributed by atoms with Crippen molar-refractivity contribution in [1.82, 2.24) is 15.5 Å². The van der Waals surface area contributed by atoms with Crippen LogP contribution in [-0.2, 0) is 4.79 Å². The van der Waals surface area contributed by atoms with Crippen molar-refractivity contribution < 1.29 is 9.59 Å². The molecule has 0 unspecified atom stereocenters. The number of carbonyl (C=O) groups excluding carboxylic acids is 2. The molecule has 0 radical (unpaired) electrons. The number of rotatable bonds is 8. The van der Waals surface area contributed by atoms with Gasteiger partial charge in [-0.2, -0.15) is 0 Å². The summed E-state index contributed by atoms with van der Waals surface area (Å²) >= 11 is 1.47. The van der Waals surface area contributed by atoms with Crippen molar-refractivity contribution in [1.29, 1.82) is 0 Å². The van der Waals surface area contributed by atoms with Gasteiger partial charge in [0, 0.05) is 32.1 Å². The van der Waals surface area contributed by atoms with Crippen molar-refractivity contribution in [3.05, 3.63) is 94.2 Å². The Hall–Kier alpha value is -2.96. The topological polar surface area (TPSA) is 61.4 Å². The minimum absolute atomic E-state index is 0.0192. The zero-order chi connectivity index (χ0) is 22.2. The maximum absolute atomic E-state index is 12.8. The lowest BCUT2D eigenvalue weighted by Gasteiger charge is -2.32. The van der Waals surface area contributed by atoms with Crippen LogP contribution in [-0.4, -0.2) is 42.4 Å². The first-order chi connectivity index (χ1) is 15.7. The van der Waals surface area contributed by atoms with Crippen LogP contribution in [0.3, 0.4) is 0 Å². The van der Waals surface area contributed by atoms with Gasteiger partial charge in [0.2, 0.25) is 5.91 Å². The van der Waals surface area contributed by atoms with E-state index in [1.54, 1.807) is 0 Å². The van der Waals surface area contributed by atoms with E-state index in [0.29, 0.717) is 6.42 Å². The molecule has 2 N–H and O–H groups in total. The van der Waals surface area contributed by atoms with E-state index in [1.165, 1.54) is 11.3 Å². The fourth-order valence-electron chi connectivity index (χ4n) is 4.11. The van der Waals surface area contributed by atoms with Gasteiger partial charge in [-0.1, -0.05) is 66.7 Å². The van der Waals surface area contributed by atoms with Crippen LogP contribution in [0.4, 0.5) is 0 Å². The average Bonchev–Trinajstić information content (AvgIpc) is 3.39. The Bertz CT molecular complexity index is 945. The highest BCUT2D eigenvalue weighted by atomic mass is 32.1. The lowest BCUT2D eigenvalue weighted by atomic mass is 9.98.